The Hall–Kier alpha value is -0.500. The molecule has 9 heteroatoms. The molecule has 1 amide bonds. The normalized spacial score (nSPS) is 16.0. The summed E-state index contributed by atoms with van der Waals surface area (Å²) >= 11 is 0. The number of carbonyl (C=O) groups excluding carboxylic acids is 1. The van der Waals surface area contributed by atoms with E-state index in [0.717, 1.165) is 38.5 Å². The number of quaternary nitrogens is 1. The molecule has 0 saturated carbocycles. The van der Waals surface area contributed by atoms with Gasteiger partial charge in [0.2, 0.25) is 13.7 Å². The highest BCUT2D eigenvalue weighted by atomic mass is 31.2. The van der Waals surface area contributed by atoms with Gasteiger partial charge in [0.05, 0.1) is 33.3 Å². The molecule has 31 heavy (non-hydrogen) atoms. The second-order valence-electron chi connectivity index (χ2n) is 9.46. The number of aliphatic hydroxyl groups is 1. The van der Waals surface area contributed by atoms with E-state index in [1.54, 1.807) is 0 Å². The van der Waals surface area contributed by atoms with Crippen molar-refractivity contribution in [3.63, 3.8) is 0 Å². The number of carbonyl (C=O) groups is 1. The third-order valence-electron chi connectivity index (χ3n) is 5.20. The van der Waals surface area contributed by atoms with Crippen molar-refractivity contribution in [3.8, 4) is 0 Å². The van der Waals surface area contributed by atoms with E-state index < -0.39 is 19.9 Å². The Bertz CT molecular complexity index is 514. The maximum atomic E-state index is 12.3. The molecule has 0 heterocycles. The van der Waals surface area contributed by atoms with E-state index in [2.05, 4.69) is 24.3 Å². The third-order valence-corrected chi connectivity index (χ3v) is 6.29. The molecule has 3 N–H and O–H groups in total. The molecular weight excluding hydrogens is 417 g/mol. The van der Waals surface area contributed by atoms with Gasteiger partial charge >= 0.3 is 0 Å². The average molecular weight is 466 g/mol. The van der Waals surface area contributed by atoms with Gasteiger partial charge in [0.1, 0.15) is 13.2 Å². The fourth-order valence-electron chi connectivity index (χ4n) is 3.12. The van der Waals surface area contributed by atoms with Gasteiger partial charge < -0.3 is 24.3 Å². The first-order valence-electron chi connectivity index (χ1n) is 12.0. The van der Waals surface area contributed by atoms with Crippen LogP contribution >= 0.6 is 7.75 Å². The predicted molar refractivity (Wildman–Crippen MR) is 125 cm³/mol. The lowest BCUT2D eigenvalue weighted by molar-refractivity contribution is -0.870. The molecule has 3 atom stereocenters. The van der Waals surface area contributed by atoms with Gasteiger partial charge in [-0.3, -0.25) is 14.4 Å². The van der Waals surface area contributed by atoms with E-state index in [0.29, 0.717) is 23.9 Å². The Morgan fingerprint density at radius 3 is 2.23 bits per heavy atom. The van der Waals surface area contributed by atoms with Gasteiger partial charge in [0.15, 0.2) is 0 Å². The predicted octanol–water partition coefficient (Wildman–Crippen LogP) is 2.94. The van der Waals surface area contributed by atoms with Crippen LogP contribution in [0.5, 0.6) is 0 Å². The monoisotopic (exact) mass is 465 g/mol. The SMILES string of the molecule is CCCCCCCC[C@@H](O)[C@H](CNP(=O)([O-])OCC[N+](C)(C)C)NC(=O)CCCCC. The topological polar surface area (TPSA) is 111 Å². The molecule has 0 aliphatic rings. The molecule has 0 aliphatic carbocycles. The van der Waals surface area contributed by atoms with Crippen LogP contribution in [0.25, 0.3) is 0 Å². The van der Waals surface area contributed by atoms with E-state index in [1.807, 2.05) is 21.1 Å². The fourth-order valence-corrected chi connectivity index (χ4v) is 3.96. The number of unbranched alkanes of at least 4 members (excludes halogenated alkanes) is 7. The molecule has 0 fully saturated rings. The summed E-state index contributed by atoms with van der Waals surface area (Å²) in [5.74, 6) is -0.158. The summed E-state index contributed by atoms with van der Waals surface area (Å²) in [4.78, 5) is 24.5. The lowest BCUT2D eigenvalue weighted by Crippen LogP contribution is -2.49. The van der Waals surface area contributed by atoms with E-state index in [4.69, 9.17) is 4.52 Å². The van der Waals surface area contributed by atoms with Gasteiger partial charge in [0.25, 0.3) is 0 Å². The number of hydrogen-bond donors (Lipinski definition) is 3. The Kier molecular flexibility index (Phi) is 16.8. The maximum Gasteiger partial charge on any atom is 0.220 e. The molecule has 0 aromatic heterocycles. The first-order valence-corrected chi connectivity index (χ1v) is 13.5. The van der Waals surface area contributed by atoms with Gasteiger partial charge in [-0.25, -0.2) is 0 Å². The average Bonchev–Trinajstić information content (AvgIpc) is 2.66. The van der Waals surface area contributed by atoms with Crippen molar-refractivity contribution in [1.82, 2.24) is 10.4 Å². The molecule has 1 unspecified atom stereocenters. The highest BCUT2D eigenvalue weighted by molar-refractivity contribution is 7.49. The molecule has 0 spiro atoms. The fraction of sp³-hybridized carbons (Fsp3) is 0.955. The molecule has 186 valence electrons. The zero-order valence-electron chi connectivity index (χ0n) is 20.5. The summed E-state index contributed by atoms with van der Waals surface area (Å²) in [6.45, 7) is 4.78. The molecule has 8 nitrogen and oxygen atoms in total. The number of aliphatic hydroxyl groups excluding tert-OH is 1. The summed E-state index contributed by atoms with van der Waals surface area (Å²) in [6.07, 6.45) is 9.46. The van der Waals surface area contributed by atoms with Crippen LogP contribution < -0.4 is 15.3 Å². The molecule has 0 bridgehead atoms. The number of likely N-dealkylation sites (N-methyl/N-ethyl adjacent to an activating group) is 1. The molecule has 0 aromatic carbocycles. The van der Waals surface area contributed by atoms with Crippen molar-refractivity contribution in [3.05, 3.63) is 0 Å². The van der Waals surface area contributed by atoms with Crippen LogP contribution in [-0.2, 0) is 13.9 Å². The van der Waals surface area contributed by atoms with Crippen LogP contribution in [0, 0.1) is 0 Å². The van der Waals surface area contributed by atoms with Crippen LogP contribution in [0.4, 0.5) is 0 Å². The smallest absolute Gasteiger partial charge is 0.220 e. The van der Waals surface area contributed by atoms with Crippen molar-refractivity contribution in [2.45, 2.75) is 96.6 Å². The summed E-state index contributed by atoms with van der Waals surface area (Å²) in [5.41, 5.74) is 0. The largest absolute Gasteiger partial charge is 0.766 e. The first kappa shape index (κ1) is 30.5. The van der Waals surface area contributed by atoms with Gasteiger partial charge in [0, 0.05) is 13.0 Å². The van der Waals surface area contributed by atoms with Crippen molar-refractivity contribution >= 4 is 13.7 Å². The van der Waals surface area contributed by atoms with E-state index in [9.17, 15) is 19.4 Å². The van der Waals surface area contributed by atoms with Crippen molar-refractivity contribution in [1.29, 1.82) is 0 Å². The molecule has 0 saturated heterocycles. The van der Waals surface area contributed by atoms with Gasteiger partial charge in [-0.1, -0.05) is 65.2 Å². The van der Waals surface area contributed by atoms with Crippen LogP contribution in [0.1, 0.15) is 84.5 Å². The zero-order valence-corrected chi connectivity index (χ0v) is 21.4. The number of hydrogen-bond acceptors (Lipinski definition) is 5. The van der Waals surface area contributed by atoms with Gasteiger partial charge in [-0.2, -0.15) is 0 Å². The summed E-state index contributed by atoms with van der Waals surface area (Å²) < 4.78 is 17.8. The Morgan fingerprint density at radius 2 is 1.61 bits per heavy atom. The summed E-state index contributed by atoms with van der Waals surface area (Å²) in [7, 11) is 1.60. The number of rotatable bonds is 20. The third kappa shape index (κ3) is 18.7. The lowest BCUT2D eigenvalue weighted by atomic mass is 10.0. The van der Waals surface area contributed by atoms with Crippen LogP contribution in [-0.4, -0.2) is 68.5 Å². The maximum absolute atomic E-state index is 12.3. The highest BCUT2D eigenvalue weighted by Crippen LogP contribution is 2.31. The van der Waals surface area contributed by atoms with Gasteiger partial charge in [-0.15, -0.1) is 0 Å². The molecule has 0 aromatic rings. The highest BCUT2D eigenvalue weighted by Gasteiger charge is 2.23. The van der Waals surface area contributed by atoms with E-state index in [-0.39, 0.29) is 19.1 Å². The standard InChI is InChI=1S/C22H48N3O5P/c1-6-8-10-11-12-14-15-21(26)20(24-22(27)16-13-9-7-2)19-23-31(28,29)30-18-17-25(3,4)5/h20-21,26H,6-19H2,1-5H3,(H2-,23,24,27,28,29)/t20-,21+/m0/s1. The number of nitrogens with zero attached hydrogens (tertiary/aromatic N) is 1. The number of nitrogens with one attached hydrogen (secondary N) is 2. The second-order valence-corrected chi connectivity index (χ2v) is 11.0. The summed E-state index contributed by atoms with van der Waals surface area (Å²) in [6, 6.07) is -0.672. The molecule has 0 radical (unpaired) electrons. The minimum Gasteiger partial charge on any atom is -0.766 e. The van der Waals surface area contributed by atoms with Crippen LogP contribution in [0.2, 0.25) is 0 Å². The van der Waals surface area contributed by atoms with Crippen molar-refractivity contribution < 1.29 is 28.4 Å². The Labute approximate surface area is 190 Å². The van der Waals surface area contributed by atoms with Crippen LogP contribution in [0.15, 0.2) is 0 Å². The van der Waals surface area contributed by atoms with Crippen LogP contribution in [0.3, 0.4) is 0 Å². The van der Waals surface area contributed by atoms with E-state index in [1.165, 1.54) is 19.3 Å². The number of amides is 1. The zero-order chi connectivity index (χ0) is 23.8. The minimum atomic E-state index is -4.26. The van der Waals surface area contributed by atoms with Crippen molar-refractivity contribution in [2.24, 2.45) is 0 Å². The molecule has 0 aliphatic heterocycles. The lowest BCUT2D eigenvalue weighted by Gasteiger charge is -2.31. The summed E-state index contributed by atoms with van der Waals surface area (Å²) in [5, 5.41) is 15.9. The minimum absolute atomic E-state index is 0.0750. The van der Waals surface area contributed by atoms with E-state index >= 15 is 0 Å². The van der Waals surface area contributed by atoms with Gasteiger partial charge in [-0.05, 0) is 12.8 Å². The molecule has 0 rings (SSSR count). The van der Waals surface area contributed by atoms with Crippen molar-refractivity contribution in [2.75, 3.05) is 40.8 Å². The quantitative estimate of drug-likeness (QED) is 0.145. The molecular formula is C22H48N3O5P. The second kappa shape index (κ2) is 17.0. The Balaban J connectivity index is 4.66. The first-order chi connectivity index (χ1) is 14.5. The Morgan fingerprint density at radius 1 is 1.03 bits per heavy atom.